The molecule has 72 valence electrons. The summed E-state index contributed by atoms with van der Waals surface area (Å²) < 4.78 is 5.67. The van der Waals surface area contributed by atoms with Gasteiger partial charge in [0.1, 0.15) is 5.82 Å². The first kappa shape index (κ1) is 8.75. The van der Waals surface area contributed by atoms with Crippen LogP contribution in [0.4, 0.5) is 0 Å². The van der Waals surface area contributed by atoms with E-state index in [1.165, 1.54) is 0 Å². The van der Waals surface area contributed by atoms with Crippen LogP contribution < -0.4 is 0 Å². The van der Waals surface area contributed by atoms with E-state index in [2.05, 4.69) is 23.8 Å². The van der Waals surface area contributed by atoms with E-state index in [4.69, 9.17) is 4.74 Å². The molecule has 0 unspecified atom stereocenters. The number of hydrogen-bond acceptors (Lipinski definition) is 2. The van der Waals surface area contributed by atoms with Crippen LogP contribution in [0, 0.1) is 0 Å². The second-order valence-electron chi connectivity index (χ2n) is 3.95. The van der Waals surface area contributed by atoms with Gasteiger partial charge in [0.25, 0.3) is 0 Å². The molecular weight excluding hydrogens is 164 g/mol. The highest BCUT2D eigenvalue weighted by molar-refractivity contribution is 5.04. The number of aromatic amines is 1. The molecule has 0 radical (unpaired) electrons. The Hall–Kier alpha value is -0.830. The van der Waals surface area contributed by atoms with Crippen LogP contribution >= 0.6 is 0 Å². The smallest absolute Gasteiger partial charge is 0.109 e. The fourth-order valence-electron chi connectivity index (χ4n) is 1.79. The maximum Gasteiger partial charge on any atom is 0.109 e. The second kappa shape index (κ2) is 3.50. The third-order valence-electron chi connectivity index (χ3n) is 2.47. The molecule has 3 heteroatoms. The molecule has 1 fully saturated rings. The van der Waals surface area contributed by atoms with Crippen molar-refractivity contribution in [3.63, 3.8) is 0 Å². The standard InChI is InChI=1S/C10H16N2O/c1-7(2)13-9-5-8(6-9)10-11-3-4-12-10/h3-4,7-9H,5-6H2,1-2H3,(H,11,12). The van der Waals surface area contributed by atoms with Gasteiger partial charge in [-0.3, -0.25) is 0 Å². The Balaban J connectivity index is 1.79. The van der Waals surface area contributed by atoms with Gasteiger partial charge in [-0.25, -0.2) is 4.98 Å². The third-order valence-corrected chi connectivity index (χ3v) is 2.47. The molecule has 0 bridgehead atoms. The molecule has 1 saturated carbocycles. The minimum atomic E-state index is 0.350. The number of ether oxygens (including phenoxy) is 1. The van der Waals surface area contributed by atoms with E-state index in [9.17, 15) is 0 Å². The highest BCUT2D eigenvalue weighted by Gasteiger charge is 2.32. The Labute approximate surface area is 78.5 Å². The van der Waals surface area contributed by atoms with Crippen molar-refractivity contribution in [3.8, 4) is 0 Å². The quantitative estimate of drug-likeness (QED) is 0.773. The summed E-state index contributed by atoms with van der Waals surface area (Å²) in [5.74, 6) is 1.71. The summed E-state index contributed by atoms with van der Waals surface area (Å²) in [5.41, 5.74) is 0. The zero-order valence-electron chi connectivity index (χ0n) is 8.16. The lowest BCUT2D eigenvalue weighted by Gasteiger charge is -2.35. The number of imidazole rings is 1. The Morgan fingerprint density at radius 1 is 1.54 bits per heavy atom. The Bertz CT molecular complexity index is 250. The predicted octanol–water partition coefficient (Wildman–Crippen LogP) is 2.08. The van der Waals surface area contributed by atoms with E-state index in [0.29, 0.717) is 18.1 Å². The first-order valence-corrected chi connectivity index (χ1v) is 4.90. The van der Waals surface area contributed by atoms with Gasteiger partial charge in [0.15, 0.2) is 0 Å². The van der Waals surface area contributed by atoms with E-state index in [0.717, 1.165) is 18.7 Å². The zero-order valence-corrected chi connectivity index (χ0v) is 8.16. The van der Waals surface area contributed by atoms with Crippen molar-refractivity contribution in [3.05, 3.63) is 18.2 Å². The van der Waals surface area contributed by atoms with Crippen LogP contribution in [0.2, 0.25) is 0 Å². The lowest BCUT2D eigenvalue weighted by molar-refractivity contribution is -0.0462. The minimum absolute atomic E-state index is 0.350. The van der Waals surface area contributed by atoms with Gasteiger partial charge >= 0.3 is 0 Å². The number of H-pyrrole nitrogens is 1. The minimum Gasteiger partial charge on any atom is -0.376 e. The normalized spacial score (nSPS) is 27.6. The van der Waals surface area contributed by atoms with Crippen molar-refractivity contribution in [2.45, 2.75) is 44.8 Å². The summed E-state index contributed by atoms with van der Waals surface area (Å²) in [6, 6.07) is 0. The van der Waals surface area contributed by atoms with Crippen LogP contribution in [-0.2, 0) is 4.74 Å². The van der Waals surface area contributed by atoms with E-state index in [1.807, 2.05) is 12.4 Å². The van der Waals surface area contributed by atoms with Crippen LogP contribution in [0.25, 0.3) is 0 Å². The van der Waals surface area contributed by atoms with Crippen molar-refractivity contribution >= 4 is 0 Å². The molecule has 0 aliphatic heterocycles. The van der Waals surface area contributed by atoms with Gasteiger partial charge in [-0.15, -0.1) is 0 Å². The van der Waals surface area contributed by atoms with Crippen LogP contribution in [0.1, 0.15) is 38.4 Å². The van der Waals surface area contributed by atoms with Crippen molar-refractivity contribution < 1.29 is 4.74 Å². The number of nitrogens with zero attached hydrogens (tertiary/aromatic N) is 1. The highest BCUT2D eigenvalue weighted by atomic mass is 16.5. The highest BCUT2D eigenvalue weighted by Crippen LogP contribution is 2.37. The molecular formula is C10H16N2O. The summed E-state index contributed by atoms with van der Waals surface area (Å²) in [5, 5.41) is 0. The van der Waals surface area contributed by atoms with Gasteiger partial charge < -0.3 is 9.72 Å². The van der Waals surface area contributed by atoms with Gasteiger partial charge in [-0.1, -0.05) is 0 Å². The molecule has 1 aliphatic carbocycles. The molecule has 1 N–H and O–H groups in total. The number of hydrogen-bond donors (Lipinski definition) is 1. The first-order chi connectivity index (χ1) is 6.25. The summed E-state index contributed by atoms with van der Waals surface area (Å²) >= 11 is 0. The zero-order chi connectivity index (χ0) is 9.26. The third kappa shape index (κ3) is 1.91. The maximum atomic E-state index is 5.67. The molecule has 1 aliphatic rings. The van der Waals surface area contributed by atoms with Gasteiger partial charge in [-0.05, 0) is 26.7 Å². The SMILES string of the molecule is CC(C)OC1CC(c2ncc[nH]2)C1. The van der Waals surface area contributed by atoms with E-state index in [-0.39, 0.29) is 0 Å². The van der Waals surface area contributed by atoms with Gasteiger partial charge in [0, 0.05) is 18.3 Å². The second-order valence-corrected chi connectivity index (χ2v) is 3.95. The summed E-state index contributed by atoms with van der Waals surface area (Å²) in [6.45, 7) is 4.17. The van der Waals surface area contributed by atoms with Crippen LogP contribution in [0.3, 0.4) is 0 Å². The lowest BCUT2D eigenvalue weighted by Crippen LogP contribution is -2.32. The van der Waals surface area contributed by atoms with E-state index < -0.39 is 0 Å². The Morgan fingerprint density at radius 3 is 2.85 bits per heavy atom. The van der Waals surface area contributed by atoms with E-state index in [1.54, 1.807) is 0 Å². The average molecular weight is 180 g/mol. The van der Waals surface area contributed by atoms with Crippen molar-refractivity contribution in [2.75, 3.05) is 0 Å². The number of rotatable bonds is 3. The first-order valence-electron chi connectivity index (χ1n) is 4.90. The fraction of sp³-hybridized carbons (Fsp3) is 0.700. The molecule has 3 nitrogen and oxygen atoms in total. The van der Waals surface area contributed by atoms with Gasteiger partial charge in [0.05, 0.1) is 12.2 Å². The monoisotopic (exact) mass is 180 g/mol. The van der Waals surface area contributed by atoms with Gasteiger partial charge in [-0.2, -0.15) is 0 Å². The Kier molecular flexibility index (Phi) is 2.36. The molecule has 0 spiro atoms. The number of nitrogens with one attached hydrogen (secondary N) is 1. The van der Waals surface area contributed by atoms with Crippen molar-refractivity contribution in [1.82, 2.24) is 9.97 Å². The molecule has 0 amide bonds. The summed E-state index contributed by atoms with van der Waals surface area (Å²) in [4.78, 5) is 7.39. The molecule has 0 atom stereocenters. The largest absolute Gasteiger partial charge is 0.376 e. The molecule has 1 heterocycles. The van der Waals surface area contributed by atoms with Gasteiger partial charge in [0.2, 0.25) is 0 Å². The van der Waals surface area contributed by atoms with Crippen LogP contribution in [0.15, 0.2) is 12.4 Å². The Morgan fingerprint density at radius 2 is 2.31 bits per heavy atom. The average Bonchev–Trinajstić information content (AvgIpc) is 2.46. The predicted molar refractivity (Wildman–Crippen MR) is 50.6 cm³/mol. The maximum absolute atomic E-state index is 5.67. The van der Waals surface area contributed by atoms with Crippen LogP contribution in [0.5, 0.6) is 0 Å². The van der Waals surface area contributed by atoms with Crippen LogP contribution in [-0.4, -0.2) is 22.2 Å². The van der Waals surface area contributed by atoms with Crippen molar-refractivity contribution in [2.24, 2.45) is 0 Å². The van der Waals surface area contributed by atoms with Crippen molar-refractivity contribution in [1.29, 1.82) is 0 Å². The topological polar surface area (TPSA) is 37.9 Å². The molecule has 13 heavy (non-hydrogen) atoms. The summed E-state index contributed by atoms with van der Waals surface area (Å²) in [6.07, 6.45) is 6.73. The summed E-state index contributed by atoms with van der Waals surface area (Å²) in [7, 11) is 0. The molecule has 1 aromatic rings. The van der Waals surface area contributed by atoms with E-state index >= 15 is 0 Å². The molecule has 1 aromatic heterocycles. The molecule has 0 aromatic carbocycles. The number of aromatic nitrogens is 2. The lowest BCUT2D eigenvalue weighted by atomic mass is 9.81. The fourth-order valence-corrected chi connectivity index (χ4v) is 1.79. The molecule has 2 rings (SSSR count). The molecule has 0 saturated heterocycles.